The SMILES string of the molecule is OCC1(Cc2cccc(O)c2)CC2CC2C1. The van der Waals surface area contributed by atoms with Gasteiger partial charge in [-0.25, -0.2) is 0 Å². The van der Waals surface area contributed by atoms with Crippen LogP contribution in [0.25, 0.3) is 0 Å². The fourth-order valence-electron chi connectivity index (χ4n) is 3.43. The predicted molar refractivity (Wildman–Crippen MR) is 62.2 cm³/mol. The standard InChI is InChI=1S/C14H18O2/c15-9-14(7-11-5-12(11)8-14)6-10-2-1-3-13(16)4-10/h1-4,11-12,15-16H,5-9H2. The van der Waals surface area contributed by atoms with Crippen LogP contribution in [-0.4, -0.2) is 16.8 Å². The number of fused-ring (bicyclic) bond motifs is 1. The molecule has 2 unspecified atom stereocenters. The molecule has 0 aliphatic heterocycles. The highest BCUT2D eigenvalue weighted by Gasteiger charge is 2.53. The molecule has 1 aromatic carbocycles. The predicted octanol–water partition coefficient (Wildman–Crippen LogP) is 2.34. The highest BCUT2D eigenvalue weighted by molar-refractivity contribution is 5.28. The van der Waals surface area contributed by atoms with Crippen molar-refractivity contribution >= 4 is 0 Å². The number of phenolic OH excluding ortho intramolecular Hbond substituents is 1. The van der Waals surface area contributed by atoms with Gasteiger partial charge >= 0.3 is 0 Å². The van der Waals surface area contributed by atoms with Crippen LogP contribution in [0.5, 0.6) is 5.75 Å². The van der Waals surface area contributed by atoms with E-state index >= 15 is 0 Å². The Morgan fingerprint density at radius 1 is 1.25 bits per heavy atom. The molecule has 0 amide bonds. The van der Waals surface area contributed by atoms with Gasteiger partial charge < -0.3 is 10.2 Å². The van der Waals surface area contributed by atoms with E-state index in [-0.39, 0.29) is 12.0 Å². The third-order valence-electron chi connectivity index (χ3n) is 4.28. The van der Waals surface area contributed by atoms with Gasteiger partial charge in [0.25, 0.3) is 0 Å². The first-order valence-corrected chi connectivity index (χ1v) is 6.10. The average molecular weight is 218 g/mol. The van der Waals surface area contributed by atoms with Crippen LogP contribution < -0.4 is 0 Å². The molecular formula is C14H18O2. The molecule has 2 atom stereocenters. The van der Waals surface area contributed by atoms with Crippen molar-refractivity contribution < 1.29 is 10.2 Å². The second-order valence-electron chi connectivity index (χ2n) is 5.67. The van der Waals surface area contributed by atoms with E-state index in [4.69, 9.17) is 0 Å². The summed E-state index contributed by atoms with van der Waals surface area (Å²) in [5.74, 6) is 2.09. The van der Waals surface area contributed by atoms with Crippen molar-refractivity contribution in [2.75, 3.05) is 6.61 Å². The Labute approximate surface area is 95.9 Å². The van der Waals surface area contributed by atoms with Crippen LogP contribution in [0.2, 0.25) is 0 Å². The molecule has 2 N–H and O–H groups in total. The summed E-state index contributed by atoms with van der Waals surface area (Å²) in [5, 5.41) is 19.1. The van der Waals surface area contributed by atoms with Crippen molar-refractivity contribution in [3.8, 4) is 5.75 Å². The second kappa shape index (κ2) is 3.49. The van der Waals surface area contributed by atoms with Crippen LogP contribution in [0.3, 0.4) is 0 Å². The van der Waals surface area contributed by atoms with Gasteiger partial charge in [-0.05, 0) is 60.6 Å². The van der Waals surface area contributed by atoms with Crippen LogP contribution in [-0.2, 0) is 6.42 Å². The summed E-state index contributed by atoms with van der Waals surface area (Å²) in [4.78, 5) is 0. The van der Waals surface area contributed by atoms with Crippen LogP contribution in [0, 0.1) is 17.3 Å². The van der Waals surface area contributed by atoms with E-state index in [1.54, 1.807) is 6.07 Å². The first kappa shape index (κ1) is 10.2. The first-order valence-electron chi connectivity index (χ1n) is 6.10. The lowest BCUT2D eigenvalue weighted by atomic mass is 9.78. The summed E-state index contributed by atoms with van der Waals surface area (Å²) in [6, 6.07) is 7.44. The number of hydrogen-bond acceptors (Lipinski definition) is 2. The molecule has 1 aromatic rings. The Morgan fingerprint density at radius 3 is 2.62 bits per heavy atom. The fourth-order valence-corrected chi connectivity index (χ4v) is 3.43. The van der Waals surface area contributed by atoms with Gasteiger partial charge in [0.1, 0.15) is 5.75 Å². The summed E-state index contributed by atoms with van der Waals surface area (Å²) in [5.41, 5.74) is 1.25. The van der Waals surface area contributed by atoms with Crippen molar-refractivity contribution in [2.45, 2.75) is 25.7 Å². The number of aliphatic hydroxyl groups is 1. The van der Waals surface area contributed by atoms with Gasteiger partial charge in [0.15, 0.2) is 0 Å². The summed E-state index contributed by atoms with van der Waals surface area (Å²) in [6.07, 6.45) is 4.63. The van der Waals surface area contributed by atoms with Gasteiger partial charge in [-0.1, -0.05) is 12.1 Å². The van der Waals surface area contributed by atoms with E-state index in [0.717, 1.165) is 23.8 Å². The zero-order chi connectivity index (χ0) is 11.2. The number of phenols is 1. The quantitative estimate of drug-likeness (QED) is 0.817. The highest BCUT2D eigenvalue weighted by atomic mass is 16.3. The second-order valence-corrected chi connectivity index (χ2v) is 5.67. The molecule has 0 saturated heterocycles. The largest absolute Gasteiger partial charge is 0.508 e. The molecule has 0 aromatic heterocycles. The van der Waals surface area contributed by atoms with Gasteiger partial charge in [0.05, 0.1) is 0 Å². The number of benzene rings is 1. The van der Waals surface area contributed by atoms with Crippen molar-refractivity contribution in [1.29, 1.82) is 0 Å². The third kappa shape index (κ3) is 1.71. The van der Waals surface area contributed by atoms with Crippen molar-refractivity contribution in [1.82, 2.24) is 0 Å². The number of rotatable bonds is 3. The topological polar surface area (TPSA) is 40.5 Å². The summed E-state index contributed by atoms with van der Waals surface area (Å²) in [7, 11) is 0. The molecule has 86 valence electrons. The zero-order valence-corrected chi connectivity index (χ0v) is 9.39. The van der Waals surface area contributed by atoms with Crippen LogP contribution in [0.1, 0.15) is 24.8 Å². The third-order valence-corrected chi connectivity index (χ3v) is 4.28. The maximum Gasteiger partial charge on any atom is 0.115 e. The summed E-state index contributed by atoms with van der Waals surface area (Å²) < 4.78 is 0. The molecule has 0 heterocycles. The molecule has 0 bridgehead atoms. The number of aromatic hydroxyl groups is 1. The smallest absolute Gasteiger partial charge is 0.115 e. The Hall–Kier alpha value is -1.02. The maximum atomic E-state index is 9.62. The molecule has 0 spiro atoms. The van der Waals surface area contributed by atoms with Gasteiger partial charge in [0.2, 0.25) is 0 Å². The van der Waals surface area contributed by atoms with E-state index in [1.807, 2.05) is 18.2 Å². The van der Waals surface area contributed by atoms with Gasteiger partial charge in [-0.2, -0.15) is 0 Å². The molecular weight excluding hydrogens is 200 g/mol. The minimum Gasteiger partial charge on any atom is -0.508 e. The van der Waals surface area contributed by atoms with Crippen LogP contribution >= 0.6 is 0 Å². The lowest BCUT2D eigenvalue weighted by Gasteiger charge is -2.28. The minimum atomic E-state index is 0.0986. The van der Waals surface area contributed by atoms with Gasteiger partial charge in [-0.15, -0.1) is 0 Å². The van der Waals surface area contributed by atoms with E-state index in [1.165, 1.54) is 19.3 Å². The Kier molecular flexibility index (Phi) is 2.21. The summed E-state index contributed by atoms with van der Waals surface area (Å²) in [6.45, 7) is 0.287. The van der Waals surface area contributed by atoms with Crippen LogP contribution in [0.4, 0.5) is 0 Å². The normalized spacial score (nSPS) is 36.1. The number of aliphatic hydroxyl groups excluding tert-OH is 1. The van der Waals surface area contributed by atoms with Gasteiger partial charge in [-0.3, -0.25) is 0 Å². The molecule has 2 heteroatoms. The molecule has 2 aliphatic rings. The maximum absolute atomic E-state index is 9.62. The van der Waals surface area contributed by atoms with Crippen molar-refractivity contribution in [3.05, 3.63) is 29.8 Å². The van der Waals surface area contributed by atoms with Crippen LogP contribution in [0.15, 0.2) is 24.3 Å². The van der Waals surface area contributed by atoms with Crippen molar-refractivity contribution in [3.63, 3.8) is 0 Å². The lowest BCUT2D eigenvalue weighted by Crippen LogP contribution is -2.26. The monoisotopic (exact) mass is 218 g/mol. The Balaban J connectivity index is 1.77. The highest BCUT2D eigenvalue weighted by Crippen LogP contribution is 2.60. The van der Waals surface area contributed by atoms with E-state index in [0.29, 0.717) is 5.75 Å². The van der Waals surface area contributed by atoms with E-state index in [2.05, 4.69) is 0 Å². The molecule has 3 rings (SSSR count). The van der Waals surface area contributed by atoms with E-state index in [9.17, 15) is 10.2 Å². The Morgan fingerprint density at radius 2 is 2.00 bits per heavy atom. The molecule has 2 nitrogen and oxygen atoms in total. The molecule has 2 fully saturated rings. The summed E-state index contributed by atoms with van der Waals surface area (Å²) >= 11 is 0. The molecule has 2 aliphatic carbocycles. The van der Waals surface area contributed by atoms with E-state index < -0.39 is 0 Å². The zero-order valence-electron chi connectivity index (χ0n) is 9.39. The lowest BCUT2D eigenvalue weighted by molar-refractivity contribution is 0.117. The fraction of sp³-hybridized carbons (Fsp3) is 0.571. The minimum absolute atomic E-state index is 0.0986. The number of hydrogen-bond donors (Lipinski definition) is 2. The Bertz CT molecular complexity index is 389. The van der Waals surface area contributed by atoms with Gasteiger partial charge in [0, 0.05) is 6.61 Å². The van der Waals surface area contributed by atoms with Crippen molar-refractivity contribution in [2.24, 2.45) is 17.3 Å². The molecule has 16 heavy (non-hydrogen) atoms. The molecule has 0 radical (unpaired) electrons. The first-order chi connectivity index (χ1) is 7.71. The molecule has 2 saturated carbocycles. The average Bonchev–Trinajstić information content (AvgIpc) is 2.87.